The van der Waals surface area contributed by atoms with Crippen LogP contribution >= 0.6 is 11.3 Å². The van der Waals surface area contributed by atoms with Gasteiger partial charge in [-0.3, -0.25) is 0 Å². The Kier molecular flexibility index (Phi) is 3.23. The summed E-state index contributed by atoms with van der Waals surface area (Å²) < 4.78 is 211. The molecule has 0 unspecified atom stereocenters. The van der Waals surface area contributed by atoms with E-state index in [4.69, 9.17) is 8.22 Å². The maximum absolute atomic E-state index is 10.4. The molecule has 7 aromatic carbocycles. The van der Waals surface area contributed by atoms with Gasteiger partial charge in [-0.05, 0) is 98.8 Å². The quantitative estimate of drug-likeness (QED) is 0.155. The first-order valence-corrected chi connectivity index (χ1v) is 18.6. The summed E-state index contributed by atoms with van der Waals surface area (Å²) in [5, 5.41) is -0.768. The molecule has 3 aliphatic rings. The topological polar surface area (TPSA) is 11.4 Å². The minimum Gasteiger partial charge on any atom is -0.311 e. The molecule has 55 heavy (non-hydrogen) atoms. The van der Waals surface area contributed by atoms with E-state index in [2.05, 4.69) is 0 Å². The minimum absolute atomic E-state index is 0.00973. The molecule has 0 aliphatic carbocycles. The van der Waals surface area contributed by atoms with Crippen molar-refractivity contribution in [2.24, 2.45) is 0 Å². The second-order valence-electron chi connectivity index (χ2n) is 16.1. The third kappa shape index (κ3) is 4.12. The molecule has 2 aromatic heterocycles. The van der Waals surface area contributed by atoms with Crippen molar-refractivity contribution >= 4 is 111 Å². The van der Waals surface area contributed by atoms with Crippen molar-refractivity contribution in [2.45, 2.75) is 52.4 Å². The maximum Gasteiger partial charge on any atom is 0.252 e. The molecule has 12 rings (SSSR count). The first-order valence-electron chi connectivity index (χ1n) is 28.8. The SMILES string of the molecule is [2H]c1c([2H])c2c3c(c1[2H])-n1c4c([2H])c([2H])c([2H])c([2H])c4c4c([2H])c([2H])c([2H])c(c41)N3c1c([2H])c(C(C)(C)C)c([2H])c3c1B2c1c([2H])c(C(C)(C)C)c([2H])c([2H])c1N3c1c([2H])c([2H])c2sc3c([2H])c([2H])c([2H])c([2H])c3c2c1[2H]. The molecule has 0 amide bonds. The molecule has 5 heterocycles. The lowest BCUT2D eigenvalue weighted by Crippen LogP contribution is -2.62. The van der Waals surface area contributed by atoms with Crippen LogP contribution in [0, 0.1) is 0 Å². The molecule has 3 nitrogen and oxygen atoms in total. The van der Waals surface area contributed by atoms with Gasteiger partial charge in [0.1, 0.15) is 0 Å². The monoisotopic (exact) mass is 747 g/mol. The molecule has 5 heteroatoms. The third-order valence-electron chi connectivity index (χ3n) is 10.7. The highest BCUT2D eigenvalue weighted by Crippen LogP contribution is 2.53. The van der Waals surface area contributed by atoms with E-state index >= 15 is 0 Å². The Morgan fingerprint density at radius 1 is 0.509 bits per heavy atom. The van der Waals surface area contributed by atoms with Crippen LogP contribution in [0.2, 0.25) is 0 Å². The highest BCUT2D eigenvalue weighted by molar-refractivity contribution is 7.25. The van der Waals surface area contributed by atoms with Crippen LogP contribution in [0.3, 0.4) is 0 Å². The molecule has 3 aliphatic heterocycles. The molecule has 0 atom stereocenters. The lowest BCUT2D eigenvalue weighted by Gasteiger charge is -2.47. The number of para-hydroxylation sites is 3. The molecule has 0 N–H and O–H groups in total. The van der Waals surface area contributed by atoms with Gasteiger partial charge >= 0.3 is 0 Å². The van der Waals surface area contributed by atoms with Crippen LogP contribution in [0.5, 0.6) is 0 Å². The molecule has 0 spiro atoms. The predicted octanol–water partition coefficient (Wildman–Crippen LogP) is 12.1. The van der Waals surface area contributed by atoms with Crippen LogP contribution in [-0.2, 0) is 10.8 Å². The Morgan fingerprint density at radius 2 is 1.20 bits per heavy atom. The fourth-order valence-corrected chi connectivity index (χ4v) is 9.06. The second kappa shape index (κ2) is 10.5. The second-order valence-corrected chi connectivity index (χ2v) is 17.1. The predicted molar refractivity (Wildman–Crippen MR) is 239 cm³/mol. The van der Waals surface area contributed by atoms with Gasteiger partial charge in [-0.25, -0.2) is 0 Å². The summed E-state index contributed by atoms with van der Waals surface area (Å²) in [6, 6.07) is -12.9. The Bertz CT molecular complexity index is 4420. The lowest BCUT2D eigenvalue weighted by atomic mass is 9.33. The Hall–Kier alpha value is -5.78. The standard InChI is InChI=1S/C50H40BN3S/c1-49(2,3)29-21-23-39-37(25-29)51-36-16-12-19-41-48(36)54(40-18-11-15-34-32-13-7-9-17-38(32)53(41)47(34)40)43-27-30(50(4,5)6)26-42(46(43)51)52(39)31-22-24-45-35(28-31)33-14-8-10-20-44(33)55-45/h7-28H,1-6H3/i7D,8D,9D,10D,11D,12D,13D,14D,15D,16D,17D,18D,19D,20D,21D,22D,23D,24D,25D,26D,27D,28D. The number of fused-ring (bicyclic) bond motifs is 12. The van der Waals surface area contributed by atoms with Crippen LogP contribution < -0.4 is 26.2 Å². The van der Waals surface area contributed by atoms with E-state index in [0.717, 1.165) is 16.2 Å². The molecule has 264 valence electrons. The average molecular weight is 748 g/mol. The van der Waals surface area contributed by atoms with E-state index in [0.29, 0.717) is 0 Å². The molecule has 0 radical (unpaired) electrons. The number of rotatable bonds is 1. The summed E-state index contributed by atoms with van der Waals surface area (Å²) in [6.45, 7) is 8.64. The zero-order chi connectivity index (χ0) is 56.3. The number of aromatic nitrogens is 1. The highest BCUT2D eigenvalue weighted by atomic mass is 32.1. The van der Waals surface area contributed by atoms with Crippen molar-refractivity contribution in [3.05, 3.63) is 144 Å². The first kappa shape index (κ1) is 16.9. The van der Waals surface area contributed by atoms with Gasteiger partial charge in [0.25, 0.3) is 6.71 Å². The van der Waals surface area contributed by atoms with Gasteiger partial charge in [-0.15, -0.1) is 11.3 Å². The summed E-state index contributed by atoms with van der Waals surface area (Å²) in [6.07, 6.45) is 0. The number of anilines is 6. The van der Waals surface area contributed by atoms with Crippen LogP contribution in [0.25, 0.3) is 47.7 Å². The summed E-state index contributed by atoms with van der Waals surface area (Å²) in [7, 11) is 0. The third-order valence-corrected chi connectivity index (χ3v) is 11.7. The van der Waals surface area contributed by atoms with Crippen LogP contribution in [-0.4, -0.2) is 11.3 Å². The van der Waals surface area contributed by atoms with E-state index in [1.54, 1.807) is 41.5 Å². The van der Waals surface area contributed by atoms with Gasteiger partial charge in [0, 0.05) is 53.7 Å². The van der Waals surface area contributed by atoms with Crippen molar-refractivity contribution < 1.29 is 30.2 Å². The van der Waals surface area contributed by atoms with Gasteiger partial charge in [0.05, 0.1) is 58.3 Å². The highest BCUT2D eigenvalue weighted by Gasteiger charge is 2.47. The van der Waals surface area contributed by atoms with Crippen molar-refractivity contribution in [3.63, 3.8) is 0 Å². The molecule has 9 aromatic rings. The molecular formula is C50H40BN3S. The number of benzene rings is 7. The number of hydrogen-bond donors (Lipinski definition) is 0. The van der Waals surface area contributed by atoms with E-state index in [1.165, 1.54) is 9.47 Å². The van der Waals surface area contributed by atoms with Gasteiger partial charge < -0.3 is 14.4 Å². The first-order chi connectivity index (χ1) is 35.8. The zero-order valence-corrected chi connectivity index (χ0v) is 31.1. The van der Waals surface area contributed by atoms with Crippen molar-refractivity contribution in [2.75, 3.05) is 9.80 Å². The van der Waals surface area contributed by atoms with Crippen molar-refractivity contribution in [1.82, 2.24) is 4.57 Å². The summed E-state index contributed by atoms with van der Waals surface area (Å²) in [5.41, 5.74) is -5.25. The van der Waals surface area contributed by atoms with Gasteiger partial charge in [-0.1, -0.05) is 114 Å². The van der Waals surface area contributed by atoms with Gasteiger partial charge in [0.2, 0.25) is 0 Å². The van der Waals surface area contributed by atoms with Crippen molar-refractivity contribution in [3.8, 4) is 5.69 Å². The van der Waals surface area contributed by atoms with Crippen LogP contribution in [0.15, 0.2) is 133 Å². The largest absolute Gasteiger partial charge is 0.311 e. The van der Waals surface area contributed by atoms with Crippen LogP contribution in [0.1, 0.15) is 82.8 Å². The van der Waals surface area contributed by atoms with E-state index < -0.39 is 150 Å². The Morgan fingerprint density at radius 3 is 2.02 bits per heavy atom. The normalized spacial score (nSPS) is 19.9. The smallest absolute Gasteiger partial charge is 0.252 e. The summed E-state index contributed by atoms with van der Waals surface area (Å²) in [4.78, 5) is 2.48. The molecule has 0 bridgehead atoms. The van der Waals surface area contributed by atoms with E-state index in [-0.39, 0.29) is 110 Å². The summed E-state index contributed by atoms with van der Waals surface area (Å²) >= 11 is 0.785. The lowest BCUT2D eigenvalue weighted by molar-refractivity contribution is 0.590. The summed E-state index contributed by atoms with van der Waals surface area (Å²) in [5.74, 6) is 0. The number of thiophene rings is 1. The number of hydrogen-bond acceptors (Lipinski definition) is 3. The average Bonchev–Trinajstić information content (AvgIpc) is 4.19. The molecular weight excluding hydrogens is 685 g/mol. The van der Waals surface area contributed by atoms with Gasteiger partial charge in [0.15, 0.2) is 0 Å². The zero-order valence-electron chi connectivity index (χ0n) is 52.3. The Balaban J connectivity index is 1.40. The fraction of sp³-hybridized carbons (Fsp3) is 0.160. The minimum atomic E-state index is -1.61. The van der Waals surface area contributed by atoms with E-state index in [9.17, 15) is 21.9 Å². The van der Waals surface area contributed by atoms with Gasteiger partial charge in [-0.2, -0.15) is 0 Å². The Labute approximate surface area is 357 Å². The number of nitrogens with zero attached hydrogens (tertiary/aromatic N) is 3. The molecule has 0 saturated heterocycles. The van der Waals surface area contributed by atoms with Crippen LogP contribution in [0.4, 0.5) is 34.1 Å². The maximum atomic E-state index is 10.4. The molecule has 0 saturated carbocycles. The van der Waals surface area contributed by atoms with E-state index in [1.807, 2.05) is 0 Å². The van der Waals surface area contributed by atoms with Crippen molar-refractivity contribution in [1.29, 1.82) is 0 Å². The fourth-order valence-electron chi connectivity index (χ4n) is 8.14. The molecule has 0 fully saturated rings.